The van der Waals surface area contributed by atoms with Crippen LogP contribution in [0.3, 0.4) is 0 Å². The lowest BCUT2D eigenvalue weighted by Crippen LogP contribution is -2.39. The molecule has 5 nitrogen and oxygen atoms in total. The van der Waals surface area contributed by atoms with Gasteiger partial charge in [-0.1, -0.05) is 19.9 Å². The molecule has 1 aromatic carbocycles. The number of phenolic OH excluding ortho intramolecular Hbond substituents is 2. The Labute approximate surface area is 124 Å². The zero-order valence-electron chi connectivity index (χ0n) is 12.7. The van der Waals surface area contributed by atoms with Gasteiger partial charge in [0.2, 0.25) is 0 Å². The zero-order valence-corrected chi connectivity index (χ0v) is 12.7. The lowest BCUT2D eigenvalue weighted by molar-refractivity contribution is -0.151. The zero-order chi connectivity index (χ0) is 15.8. The molecule has 0 saturated carbocycles. The normalized spacial score (nSPS) is 24.4. The van der Waals surface area contributed by atoms with Gasteiger partial charge in [-0.15, -0.1) is 0 Å². The summed E-state index contributed by atoms with van der Waals surface area (Å²) >= 11 is 0. The van der Waals surface area contributed by atoms with E-state index < -0.39 is 11.4 Å². The van der Waals surface area contributed by atoms with Crippen molar-refractivity contribution < 1.29 is 20.1 Å². The van der Waals surface area contributed by atoms with Crippen LogP contribution >= 0.6 is 0 Å². The van der Waals surface area contributed by atoms with Crippen LogP contribution in [0.4, 0.5) is 0 Å². The summed E-state index contributed by atoms with van der Waals surface area (Å²) in [5.41, 5.74) is -0.295. The van der Waals surface area contributed by atoms with Crippen LogP contribution in [0.15, 0.2) is 18.2 Å². The number of phenols is 2. The topological polar surface area (TPSA) is 81.0 Å². The van der Waals surface area contributed by atoms with E-state index >= 15 is 0 Å². The fourth-order valence-electron chi connectivity index (χ4n) is 3.24. The predicted octanol–water partition coefficient (Wildman–Crippen LogP) is 2.59. The van der Waals surface area contributed by atoms with E-state index in [1.54, 1.807) is 6.07 Å². The number of rotatable bonds is 4. The Kier molecular flexibility index (Phi) is 4.14. The number of carboxylic acids is 1. The minimum atomic E-state index is -0.770. The highest BCUT2D eigenvalue weighted by Gasteiger charge is 2.48. The maximum Gasteiger partial charge on any atom is 0.311 e. The van der Waals surface area contributed by atoms with Crippen molar-refractivity contribution in [1.82, 2.24) is 4.90 Å². The van der Waals surface area contributed by atoms with Gasteiger partial charge in [0.25, 0.3) is 0 Å². The second-order valence-electron chi connectivity index (χ2n) is 6.22. The van der Waals surface area contributed by atoms with Gasteiger partial charge < -0.3 is 15.3 Å². The number of likely N-dealkylation sites (tertiary alicyclic amines) is 1. The van der Waals surface area contributed by atoms with Crippen molar-refractivity contribution in [2.24, 2.45) is 11.3 Å². The molecule has 3 N–H and O–H groups in total. The first kappa shape index (κ1) is 15.6. The monoisotopic (exact) mass is 293 g/mol. The van der Waals surface area contributed by atoms with Crippen LogP contribution < -0.4 is 0 Å². The van der Waals surface area contributed by atoms with Crippen molar-refractivity contribution in [3.8, 4) is 11.5 Å². The fourth-order valence-corrected chi connectivity index (χ4v) is 3.24. The lowest BCUT2D eigenvalue weighted by Gasteiger charge is -2.31. The molecule has 0 radical (unpaired) electrons. The summed E-state index contributed by atoms with van der Waals surface area (Å²) in [6, 6.07) is 4.43. The van der Waals surface area contributed by atoms with E-state index in [1.807, 2.05) is 25.7 Å². The quantitative estimate of drug-likeness (QED) is 0.795. The van der Waals surface area contributed by atoms with Crippen LogP contribution in [0.25, 0.3) is 0 Å². The molecule has 1 aliphatic rings. The summed E-state index contributed by atoms with van der Waals surface area (Å²) in [7, 11) is 0. The molecule has 2 unspecified atom stereocenters. The summed E-state index contributed by atoms with van der Waals surface area (Å²) in [5, 5.41) is 29.5. The van der Waals surface area contributed by atoms with Crippen LogP contribution in [0, 0.1) is 11.3 Å². The number of carbonyl (C=O) groups is 1. The Morgan fingerprint density at radius 3 is 2.24 bits per heavy atom. The van der Waals surface area contributed by atoms with Crippen molar-refractivity contribution in [2.45, 2.75) is 33.2 Å². The Morgan fingerprint density at radius 1 is 1.24 bits per heavy atom. The molecule has 0 bridgehead atoms. The van der Waals surface area contributed by atoms with E-state index in [2.05, 4.69) is 0 Å². The van der Waals surface area contributed by atoms with E-state index in [-0.39, 0.29) is 23.5 Å². The molecule has 0 amide bonds. The van der Waals surface area contributed by atoms with Gasteiger partial charge >= 0.3 is 5.97 Å². The molecule has 2 rings (SSSR count). The molecule has 0 aromatic heterocycles. The number of benzene rings is 1. The van der Waals surface area contributed by atoms with Crippen LogP contribution in [-0.4, -0.2) is 39.3 Å². The summed E-state index contributed by atoms with van der Waals surface area (Å²) < 4.78 is 0. The van der Waals surface area contributed by atoms with Gasteiger partial charge in [0.1, 0.15) is 11.5 Å². The molecule has 5 heteroatoms. The van der Waals surface area contributed by atoms with Crippen LogP contribution in [0.2, 0.25) is 0 Å². The number of aromatic hydroxyl groups is 2. The van der Waals surface area contributed by atoms with E-state index in [1.165, 1.54) is 12.1 Å². The second-order valence-corrected chi connectivity index (χ2v) is 6.22. The molecule has 21 heavy (non-hydrogen) atoms. The maximum absolute atomic E-state index is 11.7. The van der Waals surface area contributed by atoms with Crippen LogP contribution in [-0.2, 0) is 4.79 Å². The van der Waals surface area contributed by atoms with Crippen molar-refractivity contribution in [3.63, 3.8) is 0 Å². The molecule has 0 aliphatic carbocycles. The van der Waals surface area contributed by atoms with Gasteiger partial charge in [-0.3, -0.25) is 9.69 Å². The number of hydrogen-bond acceptors (Lipinski definition) is 4. The predicted molar refractivity (Wildman–Crippen MR) is 79.3 cm³/mol. The van der Waals surface area contributed by atoms with E-state index in [0.29, 0.717) is 25.1 Å². The number of carboxylic acid groups (broad SMARTS) is 1. The average molecular weight is 293 g/mol. The fraction of sp³-hybridized carbons (Fsp3) is 0.562. The summed E-state index contributed by atoms with van der Waals surface area (Å²) in [4.78, 5) is 13.7. The third-order valence-corrected chi connectivity index (χ3v) is 4.89. The molecule has 0 spiro atoms. The highest BCUT2D eigenvalue weighted by atomic mass is 16.4. The summed E-state index contributed by atoms with van der Waals surface area (Å²) in [6.07, 6.45) is 0.582. The molecule has 1 saturated heterocycles. The molecule has 116 valence electrons. The first-order valence-electron chi connectivity index (χ1n) is 7.28. The van der Waals surface area contributed by atoms with E-state index in [4.69, 9.17) is 0 Å². The van der Waals surface area contributed by atoms with E-state index in [0.717, 1.165) is 0 Å². The second kappa shape index (κ2) is 5.56. The molecular weight excluding hydrogens is 270 g/mol. The first-order chi connectivity index (χ1) is 9.79. The Hall–Kier alpha value is -1.75. The van der Waals surface area contributed by atoms with Gasteiger partial charge in [-0.25, -0.2) is 0 Å². The van der Waals surface area contributed by atoms with Gasteiger partial charge in [0.15, 0.2) is 0 Å². The SMILES string of the molecule is CC(c1c(O)cccc1O)N1CCC(C(=O)O)(C(C)C)C1. The number of hydrogen-bond donors (Lipinski definition) is 3. The molecule has 1 heterocycles. The van der Waals surface area contributed by atoms with E-state index in [9.17, 15) is 20.1 Å². The maximum atomic E-state index is 11.7. The highest BCUT2D eigenvalue weighted by Crippen LogP contribution is 2.44. The third kappa shape index (κ3) is 2.58. The minimum absolute atomic E-state index is 0.0326. The van der Waals surface area contributed by atoms with Crippen LogP contribution in [0.5, 0.6) is 11.5 Å². The lowest BCUT2D eigenvalue weighted by atomic mass is 9.76. The van der Waals surface area contributed by atoms with Gasteiger partial charge in [-0.2, -0.15) is 0 Å². The van der Waals surface area contributed by atoms with Crippen molar-refractivity contribution in [3.05, 3.63) is 23.8 Å². The standard InChI is InChI=1S/C16H23NO4/c1-10(2)16(15(20)21)7-8-17(9-16)11(3)14-12(18)5-4-6-13(14)19/h4-6,10-11,18-19H,7-9H2,1-3H3,(H,20,21). The summed E-state index contributed by atoms with van der Waals surface area (Å²) in [6.45, 7) is 6.81. The van der Waals surface area contributed by atoms with Crippen molar-refractivity contribution >= 4 is 5.97 Å². The smallest absolute Gasteiger partial charge is 0.311 e. The molecule has 1 aliphatic heterocycles. The van der Waals surface area contributed by atoms with Gasteiger partial charge in [0.05, 0.1) is 11.0 Å². The summed E-state index contributed by atoms with van der Waals surface area (Å²) in [5.74, 6) is -0.654. The number of aliphatic carboxylic acids is 1. The average Bonchev–Trinajstić information content (AvgIpc) is 2.84. The van der Waals surface area contributed by atoms with Crippen molar-refractivity contribution in [1.29, 1.82) is 0 Å². The molecule has 2 atom stereocenters. The van der Waals surface area contributed by atoms with Crippen LogP contribution in [0.1, 0.15) is 38.8 Å². The molecule has 1 aromatic rings. The van der Waals surface area contributed by atoms with Gasteiger partial charge in [-0.05, 0) is 37.9 Å². The Balaban J connectivity index is 2.27. The molecule has 1 fully saturated rings. The Morgan fingerprint density at radius 2 is 1.81 bits per heavy atom. The molecular formula is C16H23NO4. The minimum Gasteiger partial charge on any atom is -0.507 e. The third-order valence-electron chi connectivity index (χ3n) is 4.89. The van der Waals surface area contributed by atoms with Crippen molar-refractivity contribution in [2.75, 3.05) is 13.1 Å². The first-order valence-corrected chi connectivity index (χ1v) is 7.28. The number of nitrogens with zero attached hydrogens (tertiary/aromatic N) is 1. The highest BCUT2D eigenvalue weighted by molar-refractivity contribution is 5.75. The Bertz CT molecular complexity index is 523. The largest absolute Gasteiger partial charge is 0.507 e. The van der Waals surface area contributed by atoms with Gasteiger partial charge in [0, 0.05) is 12.6 Å².